The summed E-state index contributed by atoms with van der Waals surface area (Å²) in [4.78, 5) is 2.45. The fraction of sp³-hybridized carbons (Fsp3) is 0.333. The van der Waals surface area contributed by atoms with Gasteiger partial charge in [-0.05, 0) is 62.1 Å². The second-order valence-corrected chi connectivity index (χ2v) is 6.79. The smallest absolute Gasteiger partial charge is 0.0462 e. The zero-order valence-electron chi connectivity index (χ0n) is 12.5. The van der Waals surface area contributed by atoms with E-state index in [1.165, 1.54) is 28.9 Å². The highest BCUT2D eigenvalue weighted by molar-refractivity contribution is 9.10. The van der Waals surface area contributed by atoms with Crippen molar-refractivity contribution in [2.75, 3.05) is 4.90 Å². The first kappa shape index (κ1) is 14.6. The van der Waals surface area contributed by atoms with Gasteiger partial charge >= 0.3 is 0 Å². The van der Waals surface area contributed by atoms with Crippen molar-refractivity contribution >= 4 is 27.3 Å². The Kier molecular flexibility index (Phi) is 4.05. The quantitative estimate of drug-likeness (QED) is 0.835. The third-order valence-electron chi connectivity index (χ3n) is 4.26. The molecule has 0 saturated heterocycles. The zero-order valence-corrected chi connectivity index (χ0v) is 14.1. The zero-order chi connectivity index (χ0) is 15.0. The van der Waals surface area contributed by atoms with Crippen LogP contribution in [0.5, 0.6) is 0 Å². The number of benzene rings is 2. The van der Waals surface area contributed by atoms with E-state index >= 15 is 0 Å². The molecule has 1 aliphatic heterocycles. The monoisotopic (exact) mass is 344 g/mol. The first-order chi connectivity index (χ1) is 10.1. The van der Waals surface area contributed by atoms with Crippen molar-refractivity contribution < 1.29 is 0 Å². The first-order valence-electron chi connectivity index (χ1n) is 7.50. The molecule has 2 nitrogen and oxygen atoms in total. The van der Waals surface area contributed by atoms with Gasteiger partial charge in [0, 0.05) is 27.9 Å². The maximum Gasteiger partial charge on any atom is 0.0462 e. The topological polar surface area (TPSA) is 29.3 Å². The van der Waals surface area contributed by atoms with Crippen LogP contribution in [0.2, 0.25) is 0 Å². The average molecular weight is 345 g/mol. The summed E-state index contributed by atoms with van der Waals surface area (Å²) in [6.45, 7) is 4.34. The predicted molar refractivity (Wildman–Crippen MR) is 93.1 cm³/mol. The molecule has 21 heavy (non-hydrogen) atoms. The molecule has 1 aliphatic rings. The molecule has 3 heteroatoms. The highest BCUT2D eigenvalue weighted by Crippen LogP contribution is 2.40. The van der Waals surface area contributed by atoms with Gasteiger partial charge in [-0.3, -0.25) is 0 Å². The van der Waals surface area contributed by atoms with Gasteiger partial charge in [-0.1, -0.05) is 34.1 Å². The molecule has 0 radical (unpaired) electrons. The van der Waals surface area contributed by atoms with Crippen LogP contribution in [0, 0.1) is 0 Å². The minimum atomic E-state index is 0.0128. The molecule has 110 valence electrons. The van der Waals surface area contributed by atoms with Crippen molar-refractivity contribution in [3.63, 3.8) is 0 Å². The summed E-state index contributed by atoms with van der Waals surface area (Å²) in [6.07, 6.45) is 2.32. The Labute approximate surface area is 135 Å². The second-order valence-electron chi connectivity index (χ2n) is 5.88. The van der Waals surface area contributed by atoms with Crippen molar-refractivity contribution in [2.24, 2.45) is 5.73 Å². The van der Waals surface area contributed by atoms with Crippen LogP contribution < -0.4 is 10.6 Å². The molecule has 2 aromatic carbocycles. The van der Waals surface area contributed by atoms with Gasteiger partial charge in [0.1, 0.15) is 0 Å². The number of nitrogens with two attached hydrogens (primary N) is 1. The maximum absolute atomic E-state index is 6.21. The number of para-hydroxylation sites is 1. The van der Waals surface area contributed by atoms with Gasteiger partial charge in [-0.25, -0.2) is 0 Å². The van der Waals surface area contributed by atoms with E-state index in [1.54, 1.807) is 0 Å². The molecular formula is C18H21BrN2. The molecule has 2 unspecified atom stereocenters. The third kappa shape index (κ3) is 2.72. The molecule has 0 bridgehead atoms. The summed E-state index contributed by atoms with van der Waals surface area (Å²) in [5.74, 6) is 0. The number of hydrogen-bond donors (Lipinski definition) is 1. The summed E-state index contributed by atoms with van der Waals surface area (Å²) < 4.78 is 1.08. The minimum absolute atomic E-state index is 0.0128. The third-order valence-corrected chi connectivity index (χ3v) is 4.76. The van der Waals surface area contributed by atoms with Gasteiger partial charge in [-0.15, -0.1) is 0 Å². The van der Waals surface area contributed by atoms with Crippen molar-refractivity contribution in [3.05, 3.63) is 58.1 Å². The normalized spacial score (nSPS) is 19.2. The van der Waals surface area contributed by atoms with E-state index in [9.17, 15) is 0 Å². The van der Waals surface area contributed by atoms with Gasteiger partial charge < -0.3 is 10.6 Å². The van der Waals surface area contributed by atoms with Crippen molar-refractivity contribution in [1.29, 1.82) is 0 Å². The van der Waals surface area contributed by atoms with Crippen molar-refractivity contribution in [2.45, 2.75) is 38.8 Å². The Bertz CT molecular complexity index is 651. The van der Waals surface area contributed by atoms with Crippen LogP contribution in [-0.2, 0) is 6.42 Å². The predicted octanol–water partition coefficient (Wildman–Crippen LogP) is 4.94. The number of fused-ring (bicyclic) bond motifs is 1. The summed E-state index contributed by atoms with van der Waals surface area (Å²) in [5.41, 5.74) is 11.4. The lowest BCUT2D eigenvalue weighted by molar-refractivity contribution is 0.614. The fourth-order valence-corrected chi connectivity index (χ4v) is 3.54. The molecule has 0 amide bonds. The largest absolute Gasteiger partial charge is 0.338 e. The van der Waals surface area contributed by atoms with Crippen molar-refractivity contribution in [1.82, 2.24) is 0 Å². The van der Waals surface area contributed by atoms with E-state index in [0.29, 0.717) is 6.04 Å². The van der Waals surface area contributed by atoms with Gasteiger partial charge in [-0.2, -0.15) is 0 Å². The van der Waals surface area contributed by atoms with Crippen LogP contribution in [0.15, 0.2) is 46.9 Å². The van der Waals surface area contributed by atoms with Crippen LogP contribution >= 0.6 is 15.9 Å². The lowest BCUT2D eigenvalue weighted by atomic mass is 9.94. The van der Waals surface area contributed by atoms with Gasteiger partial charge in [0.15, 0.2) is 0 Å². The Morgan fingerprint density at radius 3 is 2.71 bits per heavy atom. The number of anilines is 2. The fourth-order valence-electron chi connectivity index (χ4n) is 3.16. The molecule has 0 spiro atoms. The van der Waals surface area contributed by atoms with E-state index in [0.717, 1.165) is 10.9 Å². The van der Waals surface area contributed by atoms with Crippen LogP contribution in [0.1, 0.15) is 37.4 Å². The van der Waals surface area contributed by atoms with Gasteiger partial charge in [0.2, 0.25) is 0 Å². The van der Waals surface area contributed by atoms with Crippen LogP contribution in [-0.4, -0.2) is 6.04 Å². The molecule has 2 aromatic rings. The van der Waals surface area contributed by atoms with Crippen molar-refractivity contribution in [3.8, 4) is 0 Å². The molecule has 2 atom stereocenters. The Morgan fingerprint density at radius 1 is 1.19 bits per heavy atom. The second kappa shape index (κ2) is 5.82. The molecule has 0 aliphatic carbocycles. The summed E-state index contributed by atoms with van der Waals surface area (Å²) in [6, 6.07) is 15.6. The maximum atomic E-state index is 6.21. The number of halogens is 1. The molecule has 0 saturated carbocycles. The molecule has 2 N–H and O–H groups in total. The van der Waals surface area contributed by atoms with E-state index < -0.39 is 0 Å². The Balaban J connectivity index is 2.16. The standard InChI is InChI=1S/C18H21BrN2/c1-12-7-8-14-5-3-4-6-17(14)21(12)18-10-9-15(19)11-16(18)13(2)20/h3-6,9-13H,7-8,20H2,1-2H3. The molecule has 0 fully saturated rings. The van der Waals surface area contributed by atoms with Crippen LogP contribution in [0.25, 0.3) is 0 Å². The number of aryl methyl sites for hydroxylation is 1. The average Bonchev–Trinajstić information content (AvgIpc) is 2.47. The van der Waals surface area contributed by atoms with E-state index in [4.69, 9.17) is 5.73 Å². The van der Waals surface area contributed by atoms with E-state index in [2.05, 4.69) is 70.2 Å². The molecule has 1 heterocycles. The highest BCUT2D eigenvalue weighted by atomic mass is 79.9. The first-order valence-corrected chi connectivity index (χ1v) is 8.29. The van der Waals surface area contributed by atoms with Gasteiger partial charge in [0.05, 0.1) is 0 Å². The molecule has 3 rings (SSSR count). The van der Waals surface area contributed by atoms with Crippen LogP contribution in [0.3, 0.4) is 0 Å². The van der Waals surface area contributed by atoms with E-state index in [1.807, 2.05) is 6.92 Å². The number of nitrogens with zero attached hydrogens (tertiary/aromatic N) is 1. The Morgan fingerprint density at radius 2 is 1.95 bits per heavy atom. The number of rotatable bonds is 2. The summed E-state index contributed by atoms with van der Waals surface area (Å²) >= 11 is 3.56. The van der Waals surface area contributed by atoms with Crippen LogP contribution in [0.4, 0.5) is 11.4 Å². The number of hydrogen-bond acceptors (Lipinski definition) is 2. The SMILES string of the molecule is CC(N)c1cc(Br)ccc1N1c2ccccc2CCC1C. The molecule has 0 aromatic heterocycles. The van der Waals surface area contributed by atoms with Gasteiger partial charge in [0.25, 0.3) is 0 Å². The Hall–Kier alpha value is -1.32. The molecular weight excluding hydrogens is 324 g/mol. The van der Waals surface area contributed by atoms with E-state index in [-0.39, 0.29) is 6.04 Å². The summed E-state index contributed by atoms with van der Waals surface area (Å²) in [5, 5.41) is 0. The minimum Gasteiger partial charge on any atom is -0.338 e. The highest BCUT2D eigenvalue weighted by Gasteiger charge is 2.26. The summed E-state index contributed by atoms with van der Waals surface area (Å²) in [7, 11) is 0. The lowest BCUT2D eigenvalue weighted by Crippen LogP contribution is -2.34. The lowest BCUT2D eigenvalue weighted by Gasteiger charge is -2.38.